The smallest absolute Gasteiger partial charge is 0.231 e. The molecule has 0 unspecified atom stereocenters. The number of ether oxygens (including phenoxy) is 2. The number of rotatable bonds is 5. The summed E-state index contributed by atoms with van der Waals surface area (Å²) in [5, 5.41) is 6.64. The summed E-state index contributed by atoms with van der Waals surface area (Å²) in [5.41, 5.74) is 5.49. The highest BCUT2D eigenvalue weighted by Crippen LogP contribution is 2.32. The van der Waals surface area contributed by atoms with Gasteiger partial charge in [-0.15, -0.1) is 0 Å². The standard InChI is InChI=1S/C21H22N4O2/c1-13-4-6-17(8-14(13)2)24-20-9-15(3)23-21(25-20)22-11-16-5-7-18-19(10-16)27-12-26-18/h4-10H,11-12H2,1-3H3,(H2,22,23,24,25). The fraction of sp³-hybridized carbons (Fsp3) is 0.238. The molecule has 4 rings (SSSR count). The minimum Gasteiger partial charge on any atom is -0.454 e. The van der Waals surface area contributed by atoms with Crippen LogP contribution in [0.2, 0.25) is 0 Å². The lowest BCUT2D eigenvalue weighted by Gasteiger charge is -2.11. The van der Waals surface area contributed by atoms with Crippen molar-refractivity contribution in [3.8, 4) is 11.5 Å². The number of benzene rings is 2. The van der Waals surface area contributed by atoms with E-state index in [1.165, 1.54) is 11.1 Å². The van der Waals surface area contributed by atoms with Crippen LogP contribution in [0.1, 0.15) is 22.4 Å². The Bertz CT molecular complexity index is 988. The molecule has 6 heteroatoms. The van der Waals surface area contributed by atoms with Crippen LogP contribution < -0.4 is 20.1 Å². The van der Waals surface area contributed by atoms with Gasteiger partial charge in [0.2, 0.25) is 12.7 Å². The Balaban J connectivity index is 1.47. The second-order valence-corrected chi connectivity index (χ2v) is 6.68. The van der Waals surface area contributed by atoms with Crippen LogP contribution in [0.3, 0.4) is 0 Å². The number of aryl methyl sites for hydroxylation is 3. The summed E-state index contributed by atoms with van der Waals surface area (Å²) >= 11 is 0. The molecule has 0 saturated heterocycles. The van der Waals surface area contributed by atoms with E-state index in [2.05, 4.69) is 52.6 Å². The molecule has 0 fully saturated rings. The van der Waals surface area contributed by atoms with Gasteiger partial charge in [-0.1, -0.05) is 12.1 Å². The predicted octanol–water partition coefficient (Wildman–Crippen LogP) is 4.49. The lowest BCUT2D eigenvalue weighted by molar-refractivity contribution is 0.174. The highest BCUT2D eigenvalue weighted by Gasteiger charge is 2.13. The molecule has 3 aromatic rings. The van der Waals surface area contributed by atoms with E-state index in [4.69, 9.17) is 9.47 Å². The molecule has 2 aromatic carbocycles. The van der Waals surface area contributed by atoms with Gasteiger partial charge in [-0.2, -0.15) is 4.98 Å². The van der Waals surface area contributed by atoms with Gasteiger partial charge in [0.05, 0.1) is 0 Å². The lowest BCUT2D eigenvalue weighted by Crippen LogP contribution is -2.06. The lowest BCUT2D eigenvalue weighted by atomic mass is 10.1. The van der Waals surface area contributed by atoms with Gasteiger partial charge < -0.3 is 20.1 Å². The van der Waals surface area contributed by atoms with Gasteiger partial charge in [-0.3, -0.25) is 0 Å². The van der Waals surface area contributed by atoms with E-state index >= 15 is 0 Å². The Hall–Kier alpha value is -3.28. The number of aromatic nitrogens is 2. The van der Waals surface area contributed by atoms with Crippen LogP contribution in [0.15, 0.2) is 42.5 Å². The van der Waals surface area contributed by atoms with E-state index in [0.717, 1.165) is 34.3 Å². The summed E-state index contributed by atoms with van der Waals surface area (Å²) in [5.74, 6) is 2.90. The average Bonchev–Trinajstić information content (AvgIpc) is 3.10. The zero-order valence-corrected chi connectivity index (χ0v) is 15.7. The molecule has 6 nitrogen and oxygen atoms in total. The normalized spacial score (nSPS) is 12.1. The van der Waals surface area contributed by atoms with Gasteiger partial charge >= 0.3 is 0 Å². The third-order valence-corrected chi connectivity index (χ3v) is 4.52. The summed E-state index contributed by atoms with van der Waals surface area (Å²) < 4.78 is 10.8. The molecule has 0 atom stereocenters. The van der Waals surface area contributed by atoms with Crippen molar-refractivity contribution < 1.29 is 9.47 Å². The second-order valence-electron chi connectivity index (χ2n) is 6.68. The van der Waals surface area contributed by atoms with Gasteiger partial charge in [0, 0.05) is 24.0 Å². The highest BCUT2D eigenvalue weighted by atomic mass is 16.7. The summed E-state index contributed by atoms with van der Waals surface area (Å²) in [6, 6.07) is 14.1. The molecule has 2 heterocycles. The Labute approximate surface area is 158 Å². The second kappa shape index (κ2) is 7.15. The summed E-state index contributed by atoms with van der Waals surface area (Å²) in [6.45, 7) is 7.04. The molecular weight excluding hydrogens is 340 g/mol. The number of hydrogen-bond acceptors (Lipinski definition) is 6. The van der Waals surface area contributed by atoms with E-state index < -0.39 is 0 Å². The van der Waals surface area contributed by atoms with E-state index in [9.17, 15) is 0 Å². The maximum absolute atomic E-state index is 5.42. The molecule has 0 amide bonds. The van der Waals surface area contributed by atoms with Crippen molar-refractivity contribution in [3.05, 3.63) is 64.8 Å². The highest BCUT2D eigenvalue weighted by molar-refractivity contribution is 5.59. The summed E-state index contributed by atoms with van der Waals surface area (Å²) in [6.07, 6.45) is 0. The van der Waals surface area contributed by atoms with Crippen LogP contribution in [0.5, 0.6) is 11.5 Å². The largest absolute Gasteiger partial charge is 0.454 e. The van der Waals surface area contributed by atoms with Gasteiger partial charge in [0.25, 0.3) is 0 Å². The maximum Gasteiger partial charge on any atom is 0.231 e. The van der Waals surface area contributed by atoms with Gasteiger partial charge in [-0.05, 0) is 61.7 Å². The van der Waals surface area contributed by atoms with Crippen molar-refractivity contribution in [3.63, 3.8) is 0 Å². The Morgan fingerprint density at radius 2 is 1.74 bits per heavy atom. The molecule has 0 bridgehead atoms. The van der Waals surface area contributed by atoms with Crippen LogP contribution >= 0.6 is 0 Å². The first-order chi connectivity index (χ1) is 13.1. The third-order valence-electron chi connectivity index (χ3n) is 4.52. The molecule has 0 aliphatic carbocycles. The molecule has 138 valence electrons. The number of anilines is 3. The number of nitrogens with zero attached hydrogens (tertiary/aromatic N) is 2. The van der Waals surface area contributed by atoms with Crippen molar-refractivity contribution >= 4 is 17.5 Å². The van der Waals surface area contributed by atoms with Crippen LogP contribution in [-0.2, 0) is 6.54 Å². The molecule has 1 aliphatic heterocycles. The molecule has 0 radical (unpaired) electrons. The third kappa shape index (κ3) is 3.95. The van der Waals surface area contributed by atoms with Crippen molar-refractivity contribution in [1.29, 1.82) is 0 Å². The monoisotopic (exact) mass is 362 g/mol. The first-order valence-electron chi connectivity index (χ1n) is 8.89. The number of nitrogens with one attached hydrogen (secondary N) is 2. The van der Waals surface area contributed by atoms with Crippen molar-refractivity contribution in [2.45, 2.75) is 27.3 Å². The zero-order chi connectivity index (χ0) is 18.8. The SMILES string of the molecule is Cc1cc(Nc2ccc(C)c(C)c2)nc(NCc2ccc3c(c2)OCO3)n1. The Morgan fingerprint density at radius 1 is 0.889 bits per heavy atom. The number of fused-ring (bicyclic) bond motifs is 1. The van der Waals surface area contributed by atoms with E-state index in [1.807, 2.05) is 31.2 Å². The molecule has 27 heavy (non-hydrogen) atoms. The van der Waals surface area contributed by atoms with Crippen LogP contribution in [0.4, 0.5) is 17.5 Å². The van der Waals surface area contributed by atoms with Crippen molar-refractivity contribution in [2.75, 3.05) is 17.4 Å². The zero-order valence-electron chi connectivity index (χ0n) is 15.7. The minimum absolute atomic E-state index is 0.278. The van der Waals surface area contributed by atoms with E-state index in [-0.39, 0.29) is 6.79 Å². The van der Waals surface area contributed by atoms with Crippen molar-refractivity contribution in [1.82, 2.24) is 9.97 Å². The molecule has 2 N–H and O–H groups in total. The van der Waals surface area contributed by atoms with Crippen LogP contribution in [-0.4, -0.2) is 16.8 Å². The van der Waals surface area contributed by atoms with Crippen LogP contribution in [0.25, 0.3) is 0 Å². The van der Waals surface area contributed by atoms with E-state index in [0.29, 0.717) is 12.5 Å². The van der Waals surface area contributed by atoms with Gasteiger partial charge in [0.1, 0.15) is 5.82 Å². The van der Waals surface area contributed by atoms with Crippen LogP contribution in [0, 0.1) is 20.8 Å². The topological polar surface area (TPSA) is 68.3 Å². The molecule has 0 saturated carbocycles. The molecule has 1 aliphatic rings. The predicted molar refractivity (Wildman–Crippen MR) is 106 cm³/mol. The molecule has 1 aromatic heterocycles. The Kier molecular flexibility index (Phi) is 4.54. The molecular formula is C21H22N4O2. The Morgan fingerprint density at radius 3 is 2.59 bits per heavy atom. The summed E-state index contributed by atoms with van der Waals surface area (Å²) in [7, 11) is 0. The maximum atomic E-state index is 5.42. The first kappa shape index (κ1) is 17.1. The van der Waals surface area contributed by atoms with Gasteiger partial charge in [-0.25, -0.2) is 4.98 Å². The van der Waals surface area contributed by atoms with E-state index in [1.54, 1.807) is 0 Å². The fourth-order valence-electron chi connectivity index (χ4n) is 2.91. The molecule has 0 spiro atoms. The van der Waals surface area contributed by atoms with Gasteiger partial charge in [0.15, 0.2) is 11.5 Å². The average molecular weight is 362 g/mol. The number of hydrogen-bond donors (Lipinski definition) is 2. The fourth-order valence-corrected chi connectivity index (χ4v) is 2.91. The minimum atomic E-state index is 0.278. The summed E-state index contributed by atoms with van der Waals surface area (Å²) in [4.78, 5) is 9.06. The first-order valence-corrected chi connectivity index (χ1v) is 8.89. The quantitative estimate of drug-likeness (QED) is 0.697. The van der Waals surface area contributed by atoms with Crippen molar-refractivity contribution in [2.24, 2.45) is 0 Å².